The van der Waals surface area contributed by atoms with Gasteiger partial charge in [0.05, 0.1) is 12.2 Å². The molecular formula is C22H22ClFN4O3. The van der Waals surface area contributed by atoms with Crippen LogP contribution in [0.1, 0.15) is 41.9 Å². The van der Waals surface area contributed by atoms with Gasteiger partial charge in [0.1, 0.15) is 5.82 Å². The van der Waals surface area contributed by atoms with E-state index in [1.807, 2.05) is 6.92 Å². The van der Waals surface area contributed by atoms with Crippen LogP contribution in [0.5, 0.6) is 0 Å². The predicted octanol–water partition coefficient (Wildman–Crippen LogP) is 3.07. The third-order valence-electron chi connectivity index (χ3n) is 4.89. The molecule has 162 valence electrons. The van der Waals surface area contributed by atoms with Gasteiger partial charge in [-0.2, -0.15) is 9.78 Å². The van der Waals surface area contributed by atoms with Crippen molar-refractivity contribution >= 4 is 17.5 Å². The van der Waals surface area contributed by atoms with Crippen molar-refractivity contribution in [2.75, 3.05) is 0 Å². The van der Waals surface area contributed by atoms with Crippen molar-refractivity contribution in [3.63, 3.8) is 0 Å². The number of carbonyl (C=O) groups is 1. The molecule has 0 bridgehead atoms. The van der Waals surface area contributed by atoms with Crippen molar-refractivity contribution in [2.45, 2.75) is 39.8 Å². The predicted molar refractivity (Wildman–Crippen MR) is 117 cm³/mol. The molecule has 0 aliphatic rings. The molecule has 1 heterocycles. The van der Waals surface area contributed by atoms with E-state index in [2.05, 4.69) is 10.4 Å². The molecule has 1 atom stereocenters. The van der Waals surface area contributed by atoms with E-state index in [0.29, 0.717) is 22.6 Å². The average molecular weight is 445 g/mol. The topological polar surface area (TPSA) is 86.0 Å². The average Bonchev–Trinajstić information content (AvgIpc) is 2.73. The Balaban J connectivity index is 2.21. The number of halogens is 2. The molecule has 0 fully saturated rings. The van der Waals surface area contributed by atoms with E-state index < -0.39 is 28.7 Å². The van der Waals surface area contributed by atoms with Crippen LogP contribution < -0.4 is 16.6 Å². The van der Waals surface area contributed by atoms with Gasteiger partial charge in [0.25, 0.3) is 11.5 Å². The first-order valence-corrected chi connectivity index (χ1v) is 10.1. The molecular weight excluding hydrogens is 423 g/mol. The van der Waals surface area contributed by atoms with Gasteiger partial charge in [-0.05, 0) is 49.6 Å². The lowest BCUT2D eigenvalue weighted by Crippen LogP contribution is -2.47. The van der Waals surface area contributed by atoms with E-state index >= 15 is 0 Å². The van der Waals surface area contributed by atoms with Gasteiger partial charge in [-0.15, -0.1) is 0 Å². The van der Waals surface area contributed by atoms with E-state index in [-0.39, 0.29) is 18.3 Å². The van der Waals surface area contributed by atoms with E-state index in [4.69, 9.17) is 11.6 Å². The summed E-state index contributed by atoms with van der Waals surface area (Å²) in [4.78, 5) is 38.8. The molecule has 0 aliphatic carbocycles. The largest absolute Gasteiger partial charge is 0.352 e. The summed E-state index contributed by atoms with van der Waals surface area (Å²) < 4.78 is 15.9. The minimum Gasteiger partial charge on any atom is -0.348 e. The minimum atomic E-state index is -0.838. The zero-order chi connectivity index (χ0) is 22.7. The van der Waals surface area contributed by atoms with Crippen LogP contribution in [0.3, 0.4) is 0 Å². The van der Waals surface area contributed by atoms with Crippen LogP contribution >= 0.6 is 11.6 Å². The molecule has 0 spiro atoms. The van der Waals surface area contributed by atoms with Gasteiger partial charge in [0.2, 0.25) is 5.69 Å². The maximum Gasteiger partial charge on any atom is 0.352 e. The quantitative estimate of drug-likeness (QED) is 0.633. The second-order valence-corrected chi connectivity index (χ2v) is 7.72. The van der Waals surface area contributed by atoms with E-state index in [1.165, 1.54) is 12.1 Å². The highest BCUT2D eigenvalue weighted by molar-refractivity contribution is 6.30. The van der Waals surface area contributed by atoms with Crippen LogP contribution in [0.15, 0.2) is 52.1 Å². The SMILES string of the molecule is CC[C@H](C)NC(=O)c1nn(-c2ccc(C)c(F)c2)c(=O)n(Cc2cccc(Cl)c2)c1=O. The highest BCUT2D eigenvalue weighted by Crippen LogP contribution is 2.13. The first-order valence-electron chi connectivity index (χ1n) is 9.77. The van der Waals surface area contributed by atoms with Crippen LogP contribution in [0.2, 0.25) is 5.02 Å². The molecule has 3 rings (SSSR count). The summed E-state index contributed by atoms with van der Waals surface area (Å²) in [7, 11) is 0. The number of amides is 1. The van der Waals surface area contributed by atoms with Gasteiger partial charge in [-0.3, -0.25) is 14.2 Å². The second-order valence-electron chi connectivity index (χ2n) is 7.28. The maximum atomic E-state index is 14.1. The van der Waals surface area contributed by atoms with Gasteiger partial charge in [-0.25, -0.2) is 9.18 Å². The fourth-order valence-electron chi connectivity index (χ4n) is 2.89. The standard InChI is InChI=1S/C22H22ClFN4O3/c1-4-14(3)25-20(29)19-21(30)27(12-15-6-5-7-16(23)10-15)22(31)28(26-19)17-9-8-13(2)18(24)11-17/h5-11,14H,4,12H2,1-3H3,(H,25,29)/t14-/m0/s1. The van der Waals surface area contributed by atoms with Crippen LogP contribution in [0, 0.1) is 12.7 Å². The summed E-state index contributed by atoms with van der Waals surface area (Å²) in [5.74, 6) is -1.25. The molecule has 1 amide bonds. The molecule has 0 saturated heterocycles. The molecule has 31 heavy (non-hydrogen) atoms. The molecule has 9 heteroatoms. The molecule has 2 aromatic carbocycles. The van der Waals surface area contributed by atoms with E-state index in [1.54, 1.807) is 38.1 Å². The summed E-state index contributed by atoms with van der Waals surface area (Å²) in [5.41, 5.74) is -1.01. The van der Waals surface area contributed by atoms with Gasteiger partial charge >= 0.3 is 5.69 Å². The Bertz CT molecular complexity index is 1250. The normalized spacial score (nSPS) is 11.9. The smallest absolute Gasteiger partial charge is 0.348 e. The number of carbonyl (C=O) groups excluding carboxylic acids is 1. The van der Waals surface area contributed by atoms with Crippen LogP contribution in [-0.4, -0.2) is 26.3 Å². The Kier molecular flexibility index (Phi) is 6.70. The Morgan fingerprint density at radius 1 is 1.23 bits per heavy atom. The lowest BCUT2D eigenvalue weighted by Gasteiger charge is -2.14. The monoisotopic (exact) mass is 444 g/mol. The van der Waals surface area contributed by atoms with Crippen molar-refractivity contribution in [1.29, 1.82) is 0 Å². The summed E-state index contributed by atoms with van der Waals surface area (Å²) >= 11 is 6.02. The zero-order valence-corrected chi connectivity index (χ0v) is 18.1. The Labute approximate surface area is 183 Å². The lowest BCUT2D eigenvalue weighted by atomic mass is 10.2. The number of nitrogens with one attached hydrogen (secondary N) is 1. The molecule has 0 saturated carbocycles. The van der Waals surface area contributed by atoms with E-state index in [0.717, 1.165) is 15.3 Å². The molecule has 0 aliphatic heterocycles. The van der Waals surface area contributed by atoms with Gasteiger partial charge in [0, 0.05) is 17.1 Å². The van der Waals surface area contributed by atoms with Crippen molar-refractivity contribution in [3.05, 3.63) is 91.0 Å². The fraction of sp³-hybridized carbons (Fsp3) is 0.273. The Hall–Kier alpha value is -3.26. The van der Waals surface area contributed by atoms with Crippen molar-refractivity contribution < 1.29 is 9.18 Å². The fourth-order valence-corrected chi connectivity index (χ4v) is 3.10. The summed E-state index contributed by atoms with van der Waals surface area (Å²) in [6, 6.07) is 10.6. The number of rotatable bonds is 6. The molecule has 7 nitrogen and oxygen atoms in total. The van der Waals surface area contributed by atoms with Crippen molar-refractivity contribution in [2.24, 2.45) is 0 Å². The Morgan fingerprint density at radius 3 is 2.61 bits per heavy atom. The van der Waals surface area contributed by atoms with Crippen LogP contribution in [0.25, 0.3) is 5.69 Å². The van der Waals surface area contributed by atoms with Crippen LogP contribution in [-0.2, 0) is 6.54 Å². The highest BCUT2D eigenvalue weighted by atomic mass is 35.5. The number of aromatic nitrogens is 3. The highest BCUT2D eigenvalue weighted by Gasteiger charge is 2.21. The van der Waals surface area contributed by atoms with Crippen molar-refractivity contribution in [3.8, 4) is 5.69 Å². The molecule has 0 unspecified atom stereocenters. The summed E-state index contributed by atoms with van der Waals surface area (Å²) in [5, 5.41) is 7.11. The Morgan fingerprint density at radius 2 is 1.97 bits per heavy atom. The minimum absolute atomic E-state index is 0.102. The zero-order valence-electron chi connectivity index (χ0n) is 17.4. The summed E-state index contributed by atoms with van der Waals surface area (Å²) in [6.45, 7) is 5.12. The number of hydrogen-bond acceptors (Lipinski definition) is 4. The number of hydrogen-bond donors (Lipinski definition) is 1. The van der Waals surface area contributed by atoms with Gasteiger partial charge in [0.15, 0.2) is 0 Å². The lowest BCUT2D eigenvalue weighted by molar-refractivity contribution is 0.0929. The number of benzene rings is 2. The summed E-state index contributed by atoms with van der Waals surface area (Å²) in [6.07, 6.45) is 0.644. The first kappa shape index (κ1) is 22.4. The second kappa shape index (κ2) is 9.26. The third kappa shape index (κ3) is 4.91. The third-order valence-corrected chi connectivity index (χ3v) is 5.13. The number of aryl methyl sites for hydroxylation is 1. The van der Waals surface area contributed by atoms with Gasteiger partial charge < -0.3 is 5.32 Å². The molecule has 3 aromatic rings. The first-order chi connectivity index (χ1) is 14.7. The van der Waals surface area contributed by atoms with Gasteiger partial charge in [-0.1, -0.05) is 36.7 Å². The van der Waals surface area contributed by atoms with E-state index in [9.17, 15) is 18.8 Å². The number of nitrogens with zero attached hydrogens (tertiary/aromatic N) is 3. The molecule has 0 radical (unpaired) electrons. The van der Waals surface area contributed by atoms with Crippen LogP contribution in [0.4, 0.5) is 4.39 Å². The molecule has 1 N–H and O–H groups in total. The van der Waals surface area contributed by atoms with Crippen molar-refractivity contribution in [1.82, 2.24) is 19.7 Å². The molecule has 1 aromatic heterocycles. The maximum absolute atomic E-state index is 14.1.